The van der Waals surface area contributed by atoms with Crippen LogP contribution in [0.2, 0.25) is 0 Å². The summed E-state index contributed by atoms with van der Waals surface area (Å²) in [5.74, 6) is -0.352. The van der Waals surface area contributed by atoms with Crippen molar-refractivity contribution in [3.05, 3.63) is 95.7 Å². The fourth-order valence-corrected chi connectivity index (χ4v) is 4.84. The third kappa shape index (κ3) is 7.10. The van der Waals surface area contributed by atoms with Crippen LogP contribution < -0.4 is 15.4 Å². The summed E-state index contributed by atoms with van der Waals surface area (Å²) in [4.78, 5) is 30.6. The van der Waals surface area contributed by atoms with Crippen molar-refractivity contribution in [2.24, 2.45) is 0 Å². The van der Waals surface area contributed by atoms with Gasteiger partial charge >= 0.3 is 13.6 Å². The molecule has 2 atom stereocenters. The lowest BCUT2D eigenvalue weighted by molar-refractivity contribution is 0.0686. The SMILES string of the molecule is CC(Cc1ccc2c(c1)cc(C(=O)O)n2Cc1ccc(P(=O)(O)O)cc1)NCC(O)COc1ccccc1. The van der Waals surface area contributed by atoms with Crippen molar-refractivity contribution < 1.29 is 34.1 Å². The molecule has 0 amide bonds. The van der Waals surface area contributed by atoms with Crippen LogP contribution in [0.1, 0.15) is 28.5 Å². The highest BCUT2D eigenvalue weighted by atomic mass is 31.2. The second-order valence-corrected chi connectivity index (χ2v) is 10.9. The number of fused-ring (bicyclic) bond motifs is 1. The van der Waals surface area contributed by atoms with Gasteiger partial charge in [-0.1, -0.05) is 36.4 Å². The zero-order valence-corrected chi connectivity index (χ0v) is 21.8. The van der Waals surface area contributed by atoms with E-state index in [-0.39, 0.29) is 30.2 Å². The summed E-state index contributed by atoms with van der Waals surface area (Å²) in [5.41, 5.74) is 2.62. The third-order valence-corrected chi connectivity index (χ3v) is 7.20. The van der Waals surface area contributed by atoms with Gasteiger partial charge < -0.3 is 34.6 Å². The Kier molecular flexibility index (Phi) is 8.66. The molecule has 1 heterocycles. The van der Waals surface area contributed by atoms with E-state index in [4.69, 9.17) is 4.74 Å². The smallest absolute Gasteiger partial charge is 0.356 e. The summed E-state index contributed by atoms with van der Waals surface area (Å²) in [6, 6.07) is 22.7. The Morgan fingerprint density at radius 1 is 1.00 bits per heavy atom. The molecule has 9 nitrogen and oxygen atoms in total. The second-order valence-electron chi connectivity index (χ2n) is 9.32. The van der Waals surface area contributed by atoms with Crippen LogP contribution in [-0.2, 0) is 17.5 Å². The Morgan fingerprint density at radius 3 is 2.34 bits per heavy atom. The Hall–Kier alpha value is -3.46. The molecular weight excluding hydrogens is 507 g/mol. The number of nitrogens with zero attached hydrogens (tertiary/aromatic N) is 1. The van der Waals surface area contributed by atoms with Crippen molar-refractivity contribution in [1.29, 1.82) is 0 Å². The van der Waals surface area contributed by atoms with Crippen molar-refractivity contribution in [1.82, 2.24) is 9.88 Å². The summed E-state index contributed by atoms with van der Waals surface area (Å²) < 4.78 is 18.7. The van der Waals surface area contributed by atoms with Crippen LogP contribution in [0, 0.1) is 0 Å². The first kappa shape index (κ1) is 27.6. The lowest BCUT2D eigenvalue weighted by atomic mass is 10.0. The lowest BCUT2D eigenvalue weighted by Crippen LogP contribution is -2.37. The first-order valence-corrected chi connectivity index (χ1v) is 13.8. The normalized spacial score (nSPS) is 13.4. The molecule has 4 rings (SSSR count). The summed E-state index contributed by atoms with van der Waals surface area (Å²) in [6.07, 6.45) is 0.0163. The fourth-order valence-electron chi connectivity index (χ4n) is 4.30. The van der Waals surface area contributed by atoms with Crippen LogP contribution in [-0.4, -0.2) is 55.8 Å². The van der Waals surface area contributed by atoms with Gasteiger partial charge in [-0.2, -0.15) is 0 Å². The van der Waals surface area contributed by atoms with E-state index in [9.17, 15) is 29.4 Å². The maximum atomic E-state index is 12.0. The molecule has 0 aliphatic rings. The van der Waals surface area contributed by atoms with Crippen molar-refractivity contribution in [2.45, 2.75) is 32.0 Å². The number of hydrogen-bond acceptors (Lipinski definition) is 5. The minimum Gasteiger partial charge on any atom is -0.491 e. The number of aliphatic hydroxyl groups excluding tert-OH is 1. The quantitative estimate of drug-likeness (QED) is 0.173. The van der Waals surface area contributed by atoms with Gasteiger partial charge in [0.15, 0.2) is 0 Å². The number of carboxylic acids is 1. The zero-order chi connectivity index (χ0) is 27.3. The number of benzene rings is 3. The molecule has 0 fully saturated rings. The van der Waals surface area contributed by atoms with Crippen LogP contribution in [0.3, 0.4) is 0 Å². The first-order chi connectivity index (χ1) is 18.1. The maximum absolute atomic E-state index is 12.0. The van der Waals surface area contributed by atoms with E-state index < -0.39 is 19.7 Å². The van der Waals surface area contributed by atoms with E-state index in [1.807, 2.05) is 55.5 Å². The highest BCUT2D eigenvalue weighted by Crippen LogP contribution is 2.33. The van der Waals surface area contributed by atoms with E-state index in [1.54, 1.807) is 22.8 Å². The standard InChI is InChI=1S/C28H31N2O7P/c1-19(29-16-23(31)18-37-24-5-3-2-4-6-24)13-21-9-12-26-22(14-21)15-27(28(32)33)30(26)17-20-7-10-25(11-8-20)38(34,35)36/h2-12,14-15,19,23,29,31H,13,16-18H2,1H3,(H,32,33)(H2,34,35,36). The number of carboxylic acid groups (broad SMARTS) is 1. The summed E-state index contributed by atoms with van der Waals surface area (Å²) in [5, 5.41) is 24.0. The molecule has 5 N–H and O–H groups in total. The van der Waals surface area contributed by atoms with Gasteiger partial charge in [-0.05, 0) is 66.9 Å². The molecule has 200 valence electrons. The van der Waals surface area contributed by atoms with Gasteiger partial charge in [-0.25, -0.2) is 4.79 Å². The van der Waals surface area contributed by atoms with Gasteiger partial charge in [0, 0.05) is 30.0 Å². The topological polar surface area (TPSA) is 141 Å². The molecule has 0 bridgehead atoms. The van der Waals surface area contributed by atoms with Crippen LogP contribution >= 0.6 is 7.60 Å². The van der Waals surface area contributed by atoms with Crippen molar-refractivity contribution >= 4 is 29.8 Å². The van der Waals surface area contributed by atoms with Gasteiger partial charge in [0.25, 0.3) is 0 Å². The fraction of sp³-hybridized carbons (Fsp3) is 0.250. The number of aromatic nitrogens is 1. The van der Waals surface area contributed by atoms with Gasteiger partial charge in [-0.3, -0.25) is 4.57 Å². The summed E-state index contributed by atoms with van der Waals surface area (Å²) >= 11 is 0. The van der Waals surface area contributed by atoms with Crippen LogP contribution in [0.5, 0.6) is 5.75 Å². The van der Waals surface area contributed by atoms with E-state index in [1.165, 1.54) is 12.1 Å². The average molecular weight is 539 g/mol. The van der Waals surface area contributed by atoms with Crippen molar-refractivity contribution in [3.63, 3.8) is 0 Å². The predicted molar refractivity (Wildman–Crippen MR) is 145 cm³/mol. The van der Waals surface area contributed by atoms with Crippen LogP contribution in [0.15, 0.2) is 78.9 Å². The van der Waals surface area contributed by atoms with Gasteiger partial charge in [0.05, 0.1) is 5.30 Å². The molecule has 38 heavy (non-hydrogen) atoms. The van der Waals surface area contributed by atoms with Crippen LogP contribution in [0.25, 0.3) is 10.9 Å². The zero-order valence-electron chi connectivity index (χ0n) is 20.9. The minimum absolute atomic E-state index is 0.0624. The van der Waals surface area contributed by atoms with E-state index in [2.05, 4.69) is 5.32 Å². The molecule has 0 aliphatic heterocycles. The highest BCUT2D eigenvalue weighted by molar-refractivity contribution is 7.60. The monoisotopic (exact) mass is 538 g/mol. The number of hydrogen-bond donors (Lipinski definition) is 5. The minimum atomic E-state index is -4.34. The summed E-state index contributed by atoms with van der Waals surface area (Å²) in [6.45, 7) is 2.82. The predicted octanol–water partition coefficient (Wildman–Crippen LogP) is 3.15. The molecule has 2 unspecified atom stereocenters. The maximum Gasteiger partial charge on any atom is 0.356 e. The van der Waals surface area contributed by atoms with E-state index in [0.29, 0.717) is 18.7 Å². The Balaban J connectivity index is 1.40. The number of carbonyl (C=O) groups is 1. The Labute approximate surface area is 220 Å². The molecule has 0 radical (unpaired) electrons. The third-order valence-electron chi connectivity index (χ3n) is 6.23. The van der Waals surface area contributed by atoms with Crippen LogP contribution in [0.4, 0.5) is 0 Å². The number of para-hydroxylation sites is 1. The average Bonchev–Trinajstić information content (AvgIpc) is 3.24. The molecule has 0 saturated carbocycles. The van der Waals surface area contributed by atoms with Crippen molar-refractivity contribution in [3.8, 4) is 5.75 Å². The molecule has 0 saturated heterocycles. The van der Waals surface area contributed by atoms with E-state index in [0.717, 1.165) is 22.0 Å². The summed E-state index contributed by atoms with van der Waals surface area (Å²) in [7, 11) is -4.34. The van der Waals surface area contributed by atoms with Gasteiger partial charge in [0.1, 0.15) is 24.2 Å². The lowest BCUT2D eigenvalue weighted by Gasteiger charge is -2.18. The molecule has 0 aliphatic carbocycles. The Morgan fingerprint density at radius 2 is 1.68 bits per heavy atom. The number of ether oxygens (including phenoxy) is 1. The number of nitrogens with one attached hydrogen (secondary N) is 1. The van der Waals surface area contributed by atoms with Crippen molar-refractivity contribution in [2.75, 3.05) is 13.2 Å². The largest absolute Gasteiger partial charge is 0.491 e. The number of aromatic carboxylic acids is 1. The highest BCUT2D eigenvalue weighted by Gasteiger charge is 2.18. The molecule has 1 aromatic heterocycles. The molecular formula is C28H31N2O7P. The van der Waals surface area contributed by atoms with Gasteiger partial charge in [0.2, 0.25) is 0 Å². The molecule has 10 heteroatoms. The molecule has 0 spiro atoms. The number of aliphatic hydroxyl groups is 1. The number of rotatable bonds is 12. The Bertz CT molecular complexity index is 1430. The first-order valence-electron chi connectivity index (χ1n) is 12.2. The van der Waals surface area contributed by atoms with E-state index >= 15 is 0 Å². The molecule has 3 aromatic carbocycles. The second kappa shape index (κ2) is 11.9. The molecule has 4 aromatic rings. The van der Waals surface area contributed by atoms with Gasteiger partial charge in [-0.15, -0.1) is 0 Å².